The van der Waals surface area contributed by atoms with E-state index < -0.39 is 49.5 Å². The zero-order valence-corrected chi connectivity index (χ0v) is 45.7. The predicted octanol–water partition coefficient (Wildman–Crippen LogP) is 13.5. The molecule has 1 aliphatic rings. The van der Waals surface area contributed by atoms with Crippen molar-refractivity contribution in [3.05, 3.63) is 36.5 Å². The second-order valence-electron chi connectivity index (χ2n) is 20.7. The Morgan fingerprint density at radius 2 is 0.944 bits per heavy atom. The van der Waals surface area contributed by atoms with Crippen LogP contribution in [0.4, 0.5) is 0 Å². The number of carbonyl (C=O) groups is 2. The second-order valence-corrected chi connectivity index (χ2v) is 20.7. The lowest BCUT2D eigenvalue weighted by molar-refractivity contribution is -0.302. The number of nitrogens with one attached hydrogen (secondary N) is 1. The fraction of sp³-hybridized carbons (Fsp3) is 0.867. The van der Waals surface area contributed by atoms with Gasteiger partial charge in [-0.2, -0.15) is 0 Å². The standard InChI is InChI=1S/C60H111NO10/c1-3-5-7-9-11-13-27-32-36-40-44-48-56(65)69-49-45-41-37-33-29-26-24-22-20-18-16-14-15-17-19-21-23-25-28-31-35-39-43-47-55(64)61-52(53(63)46-42-38-34-30-12-10-8-6-4-2)51-70-60-59(68)58(67)57(66)54(50-62)71-60/h4,6,12,30,42,46,52-54,57-60,62-63,66-68H,3,5,7-11,13-29,31-41,43-45,47-51H2,1-2H3,(H,61,64)/b6-4+,30-12+,46-42+. The van der Waals surface area contributed by atoms with Gasteiger partial charge >= 0.3 is 5.97 Å². The Morgan fingerprint density at radius 3 is 1.39 bits per heavy atom. The molecule has 1 amide bonds. The van der Waals surface area contributed by atoms with Gasteiger partial charge in [0.15, 0.2) is 6.29 Å². The van der Waals surface area contributed by atoms with Crippen LogP contribution in [-0.2, 0) is 23.8 Å². The number of aliphatic hydroxyl groups is 5. The van der Waals surface area contributed by atoms with E-state index in [1.54, 1.807) is 6.08 Å². The number of rotatable bonds is 51. The Hall–Kier alpha value is -2.12. The topological polar surface area (TPSA) is 175 Å². The van der Waals surface area contributed by atoms with Crippen LogP contribution in [0, 0.1) is 0 Å². The zero-order valence-electron chi connectivity index (χ0n) is 45.7. The summed E-state index contributed by atoms with van der Waals surface area (Å²) in [6, 6.07) is -0.832. The van der Waals surface area contributed by atoms with Crippen LogP contribution in [0.1, 0.15) is 271 Å². The van der Waals surface area contributed by atoms with Gasteiger partial charge in [-0.05, 0) is 51.9 Å². The summed E-state index contributed by atoms with van der Waals surface area (Å²) in [5.41, 5.74) is 0. The van der Waals surface area contributed by atoms with Crippen LogP contribution in [0.15, 0.2) is 36.5 Å². The van der Waals surface area contributed by atoms with Crippen molar-refractivity contribution >= 4 is 11.9 Å². The highest BCUT2D eigenvalue weighted by Crippen LogP contribution is 2.23. The van der Waals surface area contributed by atoms with Crippen molar-refractivity contribution in [1.82, 2.24) is 5.32 Å². The third kappa shape index (κ3) is 39.9. The van der Waals surface area contributed by atoms with Crippen molar-refractivity contribution in [2.24, 2.45) is 0 Å². The maximum Gasteiger partial charge on any atom is 0.305 e. The predicted molar refractivity (Wildman–Crippen MR) is 292 cm³/mol. The monoisotopic (exact) mass is 1010 g/mol. The lowest BCUT2D eigenvalue weighted by Gasteiger charge is -2.40. The lowest BCUT2D eigenvalue weighted by Crippen LogP contribution is -2.60. The number of amides is 1. The van der Waals surface area contributed by atoms with E-state index in [2.05, 4.69) is 30.5 Å². The summed E-state index contributed by atoms with van der Waals surface area (Å²) < 4.78 is 16.6. The molecule has 11 heteroatoms. The summed E-state index contributed by atoms with van der Waals surface area (Å²) in [5.74, 6) is -0.198. The minimum absolute atomic E-state index is 0.00125. The summed E-state index contributed by atoms with van der Waals surface area (Å²) in [5, 5.41) is 54.1. The van der Waals surface area contributed by atoms with Gasteiger partial charge in [0.05, 0.1) is 32.0 Å². The maximum absolute atomic E-state index is 13.0. The average Bonchev–Trinajstić information content (AvgIpc) is 3.37. The van der Waals surface area contributed by atoms with Gasteiger partial charge in [-0.15, -0.1) is 0 Å². The average molecular weight is 1010 g/mol. The highest BCUT2D eigenvalue weighted by Gasteiger charge is 2.44. The van der Waals surface area contributed by atoms with E-state index in [-0.39, 0.29) is 18.5 Å². The molecule has 7 unspecified atom stereocenters. The van der Waals surface area contributed by atoms with Crippen molar-refractivity contribution in [3.63, 3.8) is 0 Å². The van der Waals surface area contributed by atoms with E-state index in [0.29, 0.717) is 19.4 Å². The Labute approximate surface area is 434 Å². The van der Waals surface area contributed by atoms with Gasteiger partial charge in [-0.3, -0.25) is 9.59 Å². The molecular weight excluding hydrogens is 895 g/mol. The highest BCUT2D eigenvalue weighted by atomic mass is 16.7. The fourth-order valence-corrected chi connectivity index (χ4v) is 9.36. The number of ether oxygens (including phenoxy) is 3. The molecule has 0 aliphatic carbocycles. The third-order valence-electron chi connectivity index (χ3n) is 14.1. The largest absolute Gasteiger partial charge is 0.466 e. The molecule has 0 bridgehead atoms. The van der Waals surface area contributed by atoms with Crippen molar-refractivity contribution in [2.75, 3.05) is 19.8 Å². The number of hydrogen-bond acceptors (Lipinski definition) is 10. The second kappa shape index (κ2) is 50.1. The van der Waals surface area contributed by atoms with Gasteiger partial charge in [0.25, 0.3) is 0 Å². The van der Waals surface area contributed by atoms with Gasteiger partial charge < -0.3 is 45.1 Å². The van der Waals surface area contributed by atoms with E-state index in [1.807, 2.05) is 19.1 Å². The van der Waals surface area contributed by atoms with Crippen molar-refractivity contribution < 1.29 is 49.3 Å². The molecular formula is C60H111NO10. The first-order valence-corrected chi connectivity index (χ1v) is 29.7. The molecule has 0 aromatic heterocycles. The van der Waals surface area contributed by atoms with E-state index in [1.165, 1.54) is 180 Å². The van der Waals surface area contributed by atoms with Crippen LogP contribution in [0.2, 0.25) is 0 Å². The molecule has 7 atom stereocenters. The van der Waals surface area contributed by atoms with Crippen molar-refractivity contribution in [1.29, 1.82) is 0 Å². The summed E-state index contributed by atoms with van der Waals surface area (Å²) in [7, 11) is 0. The molecule has 0 spiro atoms. The van der Waals surface area contributed by atoms with Crippen LogP contribution in [0.3, 0.4) is 0 Å². The first-order chi connectivity index (χ1) is 34.7. The molecule has 0 aromatic rings. The molecule has 1 heterocycles. The van der Waals surface area contributed by atoms with E-state index in [0.717, 1.165) is 64.2 Å². The molecule has 71 heavy (non-hydrogen) atoms. The number of esters is 1. The molecule has 0 saturated carbocycles. The van der Waals surface area contributed by atoms with Crippen LogP contribution < -0.4 is 5.32 Å². The van der Waals surface area contributed by atoms with Gasteiger partial charge in [0.2, 0.25) is 5.91 Å². The zero-order chi connectivity index (χ0) is 51.7. The Balaban J connectivity index is 2.00. The van der Waals surface area contributed by atoms with E-state index >= 15 is 0 Å². The third-order valence-corrected chi connectivity index (χ3v) is 14.1. The molecule has 416 valence electrons. The molecule has 1 rings (SSSR count). The van der Waals surface area contributed by atoms with Crippen LogP contribution in [0.25, 0.3) is 0 Å². The summed E-state index contributed by atoms with van der Waals surface area (Å²) in [6.45, 7) is 4.09. The van der Waals surface area contributed by atoms with Crippen molar-refractivity contribution in [2.45, 2.75) is 314 Å². The number of unbranched alkanes of at least 4 members (excludes halogenated alkanes) is 34. The number of allylic oxidation sites excluding steroid dienone is 5. The Bertz CT molecular complexity index is 1280. The first-order valence-electron chi connectivity index (χ1n) is 29.7. The highest BCUT2D eigenvalue weighted by molar-refractivity contribution is 5.76. The normalized spacial score (nSPS) is 19.3. The molecule has 0 aromatic carbocycles. The minimum Gasteiger partial charge on any atom is -0.466 e. The van der Waals surface area contributed by atoms with Gasteiger partial charge in [0.1, 0.15) is 24.4 Å². The van der Waals surface area contributed by atoms with Gasteiger partial charge in [-0.1, -0.05) is 242 Å². The Morgan fingerprint density at radius 1 is 0.535 bits per heavy atom. The maximum atomic E-state index is 13.0. The van der Waals surface area contributed by atoms with Crippen LogP contribution >= 0.6 is 0 Å². The van der Waals surface area contributed by atoms with Crippen LogP contribution in [-0.4, -0.2) is 100 Å². The summed E-state index contributed by atoms with van der Waals surface area (Å²) >= 11 is 0. The summed E-state index contributed by atoms with van der Waals surface area (Å²) in [6.07, 6.45) is 51.4. The van der Waals surface area contributed by atoms with Gasteiger partial charge in [0, 0.05) is 12.8 Å². The molecule has 6 N–H and O–H groups in total. The van der Waals surface area contributed by atoms with Gasteiger partial charge in [-0.25, -0.2) is 0 Å². The molecule has 1 saturated heterocycles. The minimum atomic E-state index is -1.58. The fourth-order valence-electron chi connectivity index (χ4n) is 9.36. The summed E-state index contributed by atoms with van der Waals surface area (Å²) in [4.78, 5) is 25.0. The Kier molecular flexibility index (Phi) is 47.2. The number of carbonyl (C=O) groups excluding carboxylic acids is 2. The van der Waals surface area contributed by atoms with E-state index in [4.69, 9.17) is 14.2 Å². The molecule has 1 fully saturated rings. The number of hydrogen-bond donors (Lipinski definition) is 6. The molecule has 1 aliphatic heterocycles. The lowest BCUT2D eigenvalue weighted by atomic mass is 9.99. The van der Waals surface area contributed by atoms with E-state index in [9.17, 15) is 35.1 Å². The molecule has 0 radical (unpaired) electrons. The smallest absolute Gasteiger partial charge is 0.305 e. The SMILES string of the molecule is C/C=C/CC/C=C/CC/C=C/C(O)C(COC1OC(CO)C(O)C(O)C1O)NC(=O)CCCCCCCCCCCCCCCCCCCCCCCCCOC(=O)CCCCCCCCCCCCC. The first kappa shape index (κ1) is 66.9. The number of aliphatic hydroxyl groups excluding tert-OH is 5. The van der Waals surface area contributed by atoms with Crippen molar-refractivity contribution in [3.8, 4) is 0 Å². The quantitative estimate of drug-likeness (QED) is 0.0195. The molecule has 11 nitrogen and oxygen atoms in total. The van der Waals surface area contributed by atoms with Crippen LogP contribution in [0.5, 0.6) is 0 Å².